The maximum absolute atomic E-state index is 9.42. The lowest BCUT2D eigenvalue weighted by molar-refractivity contribution is -0.216. The minimum atomic E-state index is 0.576. The van der Waals surface area contributed by atoms with Crippen molar-refractivity contribution in [1.82, 2.24) is 10.3 Å². The molecule has 0 aliphatic heterocycles. The van der Waals surface area contributed by atoms with Gasteiger partial charge in [-0.2, -0.15) is 5.12 Å². The molecule has 5 heteroatoms. The Bertz CT molecular complexity index is 64.0. The summed E-state index contributed by atoms with van der Waals surface area (Å²) >= 11 is 0. The van der Waals surface area contributed by atoms with Gasteiger partial charge in [0.05, 0.1) is 5.29 Å². The van der Waals surface area contributed by atoms with E-state index < -0.39 is 0 Å². The highest BCUT2D eigenvalue weighted by Gasteiger charge is 1.94. The van der Waals surface area contributed by atoms with Gasteiger partial charge in [-0.3, -0.25) is 5.21 Å². The van der Waals surface area contributed by atoms with E-state index >= 15 is 0 Å². The molecule has 0 spiro atoms. The van der Waals surface area contributed by atoms with Gasteiger partial charge in [-0.15, -0.1) is 4.91 Å². The van der Waals surface area contributed by atoms with E-state index in [0.717, 1.165) is 5.12 Å². The van der Waals surface area contributed by atoms with E-state index in [1.54, 1.807) is 0 Å². The van der Waals surface area contributed by atoms with Gasteiger partial charge in [0, 0.05) is 14.1 Å². The first-order chi connectivity index (χ1) is 3.18. The van der Waals surface area contributed by atoms with E-state index in [9.17, 15) is 4.91 Å². The standard InChI is InChI=1S/C2H7N3O2/c1-4(3-6)5(2)7/h7H,1-2H3. The Morgan fingerprint density at radius 3 is 2.00 bits per heavy atom. The third-order valence-corrected chi connectivity index (χ3v) is 0.537. The highest BCUT2D eigenvalue weighted by Crippen LogP contribution is 1.81. The van der Waals surface area contributed by atoms with Gasteiger partial charge in [-0.1, -0.05) is 5.17 Å². The first-order valence-corrected chi connectivity index (χ1v) is 1.68. The largest absolute Gasteiger partial charge is 0.293 e. The van der Waals surface area contributed by atoms with Crippen molar-refractivity contribution < 1.29 is 5.21 Å². The summed E-state index contributed by atoms with van der Waals surface area (Å²) in [7, 11) is 2.62. The molecule has 0 aromatic heterocycles. The Kier molecular flexibility index (Phi) is 2.24. The molecule has 0 aromatic carbocycles. The zero-order valence-corrected chi connectivity index (χ0v) is 4.20. The van der Waals surface area contributed by atoms with Crippen LogP contribution in [-0.4, -0.2) is 29.6 Å². The summed E-state index contributed by atoms with van der Waals surface area (Å²) in [5, 5.41) is 12.0. The number of hydroxylamine groups is 1. The molecule has 0 aromatic rings. The minimum Gasteiger partial charge on any atom is -0.293 e. The van der Waals surface area contributed by atoms with Gasteiger partial charge in [0.15, 0.2) is 0 Å². The molecule has 0 amide bonds. The predicted octanol–water partition coefficient (Wildman–Crippen LogP) is -0.164. The summed E-state index contributed by atoms with van der Waals surface area (Å²) in [6.45, 7) is 0. The number of nitrogens with zero attached hydrogens (tertiary/aromatic N) is 3. The molecular formula is C2H7N3O2. The van der Waals surface area contributed by atoms with Crippen LogP contribution < -0.4 is 0 Å². The third kappa shape index (κ3) is 2.07. The van der Waals surface area contributed by atoms with Crippen LogP contribution in [0.4, 0.5) is 0 Å². The summed E-state index contributed by atoms with van der Waals surface area (Å²) < 4.78 is 0. The number of hydrogen-bond acceptors (Lipinski definition) is 4. The number of hydrogen-bond donors (Lipinski definition) is 1. The van der Waals surface area contributed by atoms with E-state index in [1.165, 1.54) is 14.1 Å². The van der Waals surface area contributed by atoms with E-state index in [2.05, 4.69) is 5.29 Å². The quantitative estimate of drug-likeness (QED) is 0.391. The molecule has 0 atom stereocenters. The SMILES string of the molecule is CN(O)N(C)N=O. The van der Waals surface area contributed by atoms with Crippen molar-refractivity contribution in [3.8, 4) is 0 Å². The van der Waals surface area contributed by atoms with Crippen molar-refractivity contribution in [2.24, 2.45) is 5.29 Å². The van der Waals surface area contributed by atoms with Crippen LogP contribution in [0, 0.1) is 4.91 Å². The second-order valence-electron chi connectivity index (χ2n) is 1.06. The molecule has 42 valence electrons. The molecule has 0 unspecified atom stereocenters. The molecule has 0 heterocycles. The van der Waals surface area contributed by atoms with Gasteiger partial charge < -0.3 is 0 Å². The molecule has 0 saturated carbocycles. The fourth-order valence-electron chi connectivity index (χ4n) is 0.0528. The Morgan fingerprint density at radius 2 is 2.00 bits per heavy atom. The van der Waals surface area contributed by atoms with Crippen molar-refractivity contribution >= 4 is 0 Å². The number of nitroso groups, excluding NO2 is 1. The average molecular weight is 105 g/mol. The Hall–Kier alpha value is -0.680. The molecule has 0 fully saturated rings. The van der Waals surface area contributed by atoms with Gasteiger partial charge in [0.25, 0.3) is 0 Å². The summed E-state index contributed by atoms with van der Waals surface area (Å²) in [5.74, 6) is 0. The van der Waals surface area contributed by atoms with Crippen molar-refractivity contribution in [2.45, 2.75) is 0 Å². The summed E-state index contributed by atoms with van der Waals surface area (Å²) in [4.78, 5) is 9.42. The van der Waals surface area contributed by atoms with Crippen LogP contribution >= 0.6 is 0 Å². The van der Waals surface area contributed by atoms with Gasteiger partial charge >= 0.3 is 0 Å². The topological polar surface area (TPSA) is 56.1 Å². The molecular weight excluding hydrogens is 98.0 g/mol. The maximum Gasteiger partial charge on any atom is 0.0702 e. The number of hydrazine groups is 1. The van der Waals surface area contributed by atoms with Gasteiger partial charge in [0.2, 0.25) is 0 Å². The Balaban J connectivity index is 3.33. The smallest absolute Gasteiger partial charge is 0.0702 e. The monoisotopic (exact) mass is 105 g/mol. The van der Waals surface area contributed by atoms with Crippen LogP contribution in [0.3, 0.4) is 0 Å². The van der Waals surface area contributed by atoms with Crippen LogP contribution in [0.15, 0.2) is 5.29 Å². The van der Waals surface area contributed by atoms with Crippen molar-refractivity contribution in [3.63, 3.8) is 0 Å². The highest BCUT2D eigenvalue weighted by atomic mass is 16.6. The fraction of sp³-hybridized carbons (Fsp3) is 1.00. The lowest BCUT2D eigenvalue weighted by atomic mass is 11.3. The molecule has 1 N–H and O–H groups in total. The Morgan fingerprint density at radius 1 is 1.57 bits per heavy atom. The maximum atomic E-state index is 9.42. The summed E-state index contributed by atoms with van der Waals surface area (Å²) in [5.41, 5.74) is 0. The fourth-order valence-corrected chi connectivity index (χ4v) is 0.0528. The molecule has 0 aliphatic carbocycles. The van der Waals surface area contributed by atoms with Crippen molar-refractivity contribution in [1.29, 1.82) is 0 Å². The van der Waals surface area contributed by atoms with Crippen LogP contribution in [0.2, 0.25) is 0 Å². The second-order valence-corrected chi connectivity index (χ2v) is 1.06. The summed E-state index contributed by atoms with van der Waals surface area (Å²) in [6, 6.07) is 0. The zero-order valence-electron chi connectivity index (χ0n) is 4.20. The zero-order chi connectivity index (χ0) is 5.86. The Labute approximate surface area is 41.0 Å². The molecule has 7 heavy (non-hydrogen) atoms. The van der Waals surface area contributed by atoms with E-state index in [-0.39, 0.29) is 0 Å². The van der Waals surface area contributed by atoms with Gasteiger partial charge in [-0.05, 0) is 0 Å². The minimum absolute atomic E-state index is 0.576. The predicted molar refractivity (Wildman–Crippen MR) is 23.1 cm³/mol. The third-order valence-electron chi connectivity index (χ3n) is 0.537. The molecule has 0 saturated heterocycles. The van der Waals surface area contributed by atoms with Gasteiger partial charge in [-0.25, -0.2) is 0 Å². The van der Waals surface area contributed by atoms with Crippen LogP contribution in [0.25, 0.3) is 0 Å². The lowest BCUT2D eigenvalue weighted by Crippen LogP contribution is -2.28. The van der Waals surface area contributed by atoms with E-state index in [0.29, 0.717) is 5.17 Å². The first kappa shape index (κ1) is 6.32. The van der Waals surface area contributed by atoms with Gasteiger partial charge in [0.1, 0.15) is 0 Å². The second kappa shape index (κ2) is 2.49. The summed E-state index contributed by atoms with van der Waals surface area (Å²) in [6.07, 6.45) is 0. The van der Waals surface area contributed by atoms with Crippen LogP contribution in [0.5, 0.6) is 0 Å². The number of rotatable bonds is 2. The highest BCUT2D eigenvalue weighted by molar-refractivity contribution is 4.18. The van der Waals surface area contributed by atoms with E-state index in [4.69, 9.17) is 5.21 Å². The van der Waals surface area contributed by atoms with Crippen molar-refractivity contribution in [3.05, 3.63) is 4.91 Å². The molecule has 0 bridgehead atoms. The lowest BCUT2D eigenvalue weighted by Gasteiger charge is -2.12. The van der Waals surface area contributed by atoms with E-state index in [1.807, 2.05) is 0 Å². The van der Waals surface area contributed by atoms with Crippen LogP contribution in [-0.2, 0) is 0 Å². The molecule has 0 radical (unpaired) electrons. The van der Waals surface area contributed by atoms with Crippen LogP contribution in [0.1, 0.15) is 0 Å². The normalized spacial score (nSPS) is 9.14. The average Bonchev–Trinajstić information content (AvgIpc) is 1.65. The molecule has 0 aliphatic rings. The first-order valence-electron chi connectivity index (χ1n) is 1.68. The van der Waals surface area contributed by atoms with Crippen molar-refractivity contribution in [2.75, 3.05) is 14.1 Å². The molecule has 5 nitrogen and oxygen atoms in total. The molecule has 0 rings (SSSR count).